The van der Waals surface area contributed by atoms with Crippen LogP contribution in [0.1, 0.15) is 52.9 Å². The molecule has 0 radical (unpaired) electrons. The molecule has 112 valence electrons. The van der Waals surface area contributed by atoms with Gasteiger partial charge in [-0.25, -0.2) is 9.59 Å². The van der Waals surface area contributed by atoms with Crippen LogP contribution in [-0.4, -0.2) is 37.9 Å². The second-order valence-corrected chi connectivity index (χ2v) is 4.21. The van der Waals surface area contributed by atoms with Gasteiger partial charge in [0.05, 0.1) is 13.2 Å². The van der Waals surface area contributed by atoms with E-state index in [4.69, 9.17) is 14.2 Å². The molecule has 5 heteroatoms. The van der Waals surface area contributed by atoms with Crippen molar-refractivity contribution in [1.82, 2.24) is 0 Å². The molecule has 1 atom stereocenters. The van der Waals surface area contributed by atoms with Gasteiger partial charge in [-0.05, 0) is 20.3 Å². The lowest BCUT2D eigenvalue weighted by Crippen LogP contribution is -2.29. The van der Waals surface area contributed by atoms with E-state index < -0.39 is 18.0 Å². The second-order valence-electron chi connectivity index (χ2n) is 4.21. The Morgan fingerprint density at radius 1 is 0.947 bits per heavy atom. The summed E-state index contributed by atoms with van der Waals surface area (Å²) in [6, 6.07) is 0. The van der Waals surface area contributed by atoms with Crippen molar-refractivity contribution in [2.75, 3.05) is 19.8 Å². The number of hydrogen-bond acceptors (Lipinski definition) is 5. The van der Waals surface area contributed by atoms with E-state index in [1.807, 2.05) is 0 Å². The van der Waals surface area contributed by atoms with Crippen LogP contribution in [-0.2, 0) is 23.8 Å². The minimum Gasteiger partial charge on any atom is -0.464 e. The zero-order valence-electron chi connectivity index (χ0n) is 12.3. The summed E-state index contributed by atoms with van der Waals surface area (Å²) in [5.41, 5.74) is 0. The number of unbranched alkanes of at least 4 members (excludes halogenated alkanes) is 3. The predicted octanol–water partition coefficient (Wildman–Crippen LogP) is 2.47. The third-order valence-corrected chi connectivity index (χ3v) is 2.58. The maximum Gasteiger partial charge on any atom is 0.335 e. The Kier molecular flexibility index (Phi) is 11.3. The summed E-state index contributed by atoms with van der Waals surface area (Å²) in [5, 5.41) is 0. The van der Waals surface area contributed by atoms with Gasteiger partial charge in [-0.3, -0.25) is 0 Å². The number of rotatable bonds is 11. The molecule has 0 aromatic rings. The summed E-state index contributed by atoms with van der Waals surface area (Å²) in [5.74, 6) is -0.853. The van der Waals surface area contributed by atoms with Crippen LogP contribution >= 0.6 is 0 Å². The Labute approximate surface area is 115 Å². The molecule has 5 nitrogen and oxygen atoms in total. The first kappa shape index (κ1) is 17.9. The molecule has 0 aliphatic carbocycles. The SMILES string of the molecule is CCCCCCC(OCC(=O)OCC)C(=O)OCC. The van der Waals surface area contributed by atoms with Gasteiger partial charge in [0.25, 0.3) is 0 Å². The van der Waals surface area contributed by atoms with Crippen LogP contribution in [0.3, 0.4) is 0 Å². The molecular weight excluding hydrogens is 248 g/mol. The highest BCUT2D eigenvalue weighted by Gasteiger charge is 2.21. The summed E-state index contributed by atoms with van der Waals surface area (Å²) in [6.07, 6.45) is 4.12. The van der Waals surface area contributed by atoms with Gasteiger partial charge >= 0.3 is 11.9 Å². The van der Waals surface area contributed by atoms with Gasteiger partial charge < -0.3 is 14.2 Å². The zero-order chi connectivity index (χ0) is 14.5. The third-order valence-electron chi connectivity index (χ3n) is 2.58. The van der Waals surface area contributed by atoms with E-state index in [0.29, 0.717) is 19.6 Å². The van der Waals surface area contributed by atoms with E-state index in [-0.39, 0.29) is 6.61 Å². The average Bonchev–Trinajstić information content (AvgIpc) is 2.38. The van der Waals surface area contributed by atoms with Gasteiger partial charge in [-0.1, -0.05) is 32.6 Å². The van der Waals surface area contributed by atoms with Crippen molar-refractivity contribution in [2.45, 2.75) is 59.0 Å². The Hall–Kier alpha value is -1.10. The van der Waals surface area contributed by atoms with Crippen molar-refractivity contribution >= 4 is 11.9 Å². The molecule has 0 bridgehead atoms. The lowest BCUT2D eigenvalue weighted by atomic mass is 10.1. The van der Waals surface area contributed by atoms with Crippen LogP contribution in [0.5, 0.6) is 0 Å². The maximum atomic E-state index is 11.7. The highest BCUT2D eigenvalue weighted by Crippen LogP contribution is 2.10. The first-order valence-electron chi connectivity index (χ1n) is 7.09. The molecule has 0 aliphatic heterocycles. The molecule has 0 saturated heterocycles. The molecule has 0 N–H and O–H groups in total. The maximum absolute atomic E-state index is 11.7. The summed E-state index contributed by atoms with van der Waals surface area (Å²) < 4.78 is 15.0. The molecule has 0 heterocycles. The fourth-order valence-electron chi connectivity index (χ4n) is 1.63. The third kappa shape index (κ3) is 9.47. The van der Waals surface area contributed by atoms with Crippen molar-refractivity contribution in [3.05, 3.63) is 0 Å². The molecule has 19 heavy (non-hydrogen) atoms. The number of esters is 2. The van der Waals surface area contributed by atoms with E-state index in [1.165, 1.54) is 0 Å². The Bertz CT molecular complexity index is 252. The van der Waals surface area contributed by atoms with Gasteiger partial charge in [0.1, 0.15) is 6.61 Å². The van der Waals surface area contributed by atoms with E-state index >= 15 is 0 Å². The molecule has 0 aromatic carbocycles. The molecule has 0 aliphatic rings. The first-order valence-corrected chi connectivity index (χ1v) is 7.09. The molecule has 0 aromatic heterocycles. The largest absolute Gasteiger partial charge is 0.464 e. The van der Waals surface area contributed by atoms with Gasteiger partial charge in [0.15, 0.2) is 6.10 Å². The monoisotopic (exact) mass is 274 g/mol. The fraction of sp³-hybridized carbons (Fsp3) is 0.857. The molecule has 0 spiro atoms. The lowest BCUT2D eigenvalue weighted by Gasteiger charge is -2.15. The highest BCUT2D eigenvalue weighted by atomic mass is 16.6. The van der Waals surface area contributed by atoms with E-state index in [0.717, 1.165) is 25.7 Å². The molecule has 0 rings (SSSR count). The summed E-state index contributed by atoms with van der Waals surface area (Å²) >= 11 is 0. The Morgan fingerprint density at radius 3 is 2.21 bits per heavy atom. The van der Waals surface area contributed by atoms with Gasteiger partial charge in [0, 0.05) is 0 Å². The Balaban J connectivity index is 4.09. The van der Waals surface area contributed by atoms with Gasteiger partial charge in [-0.15, -0.1) is 0 Å². The van der Waals surface area contributed by atoms with Crippen LogP contribution in [0.25, 0.3) is 0 Å². The number of ether oxygens (including phenoxy) is 3. The predicted molar refractivity (Wildman–Crippen MR) is 71.8 cm³/mol. The normalized spacial score (nSPS) is 11.9. The van der Waals surface area contributed by atoms with Crippen LogP contribution in [0.2, 0.25) is 0 Å². The van der Waals surface area contributed by atoms with Crippen molar-refractivity contribution in [2.24, 2.45) is 0 Å². The number of carbonyl (C=O) groups excluding carboxylic acids is 2. The summed E-state index contributed by atoms with van der Waals surface area (Å²) in [7, 11) is 0. The smallest absolute Gasteiger partial charge is 0.335 e. The molecule has 0 saturated carbocycles. The van der Waals surface area contributed by atoms with Crippen molar-refractivity contribution in [3.8, 4) is 0 Å². The minimum atomic E-state index is -0.666. The molecular formula is C14H26O5. The quantitative estimate of drug-likeness (QED) is 0.428. The van der Waals surface area contributed by atoms with Crippen molar-refractivity contribution < 1.29 is 23.8 Å². The molecule has 0 fully saturated rings. The summed E-state index contributed by atoms with van der Waals surface area (Å²) in [4.78, 5) is 22.9. The lowest BCUT2D eigenvalue weighted by molar-refractivity contribution is -0.163. The van der Waals surface area contributed by atoms with Crippen molar-refractivity contribution in [3.63, 3.8) is 0 Å². The van der Waals surface area contributed by atoms with Crippen LogP contribution < -0.4 is 0 Å². The van der Waals surface area contributed by atoms with Crippen molar-refractivity contribution in [1.29, 1.82) is 0 Å². The number of hydrogen-bond donors (Lipinski definition) is 0. The van der Waals surface area contributed by atoms with E-state index in [2.05, 4.69) is 6.92 Å². The number of carbonyl (C=O) groups is 2. The van der Waals surface area contributed by atoms with Gasteiger partial charge in [-0.2, -0.15) is 0 Å². The Morgan fingerprint density at radius 2 is 1.63 bits per heavy atom. The second kappa shape index (κ2) is 12.0. The van der Waals surface area contributed by atoms with Crippen LogP contribution in [0.15, 0.2) is 0 Å². The molecule has 0 amide bonds. The summed E-state index contributed by atoms with van der Waals surface area (Å²) in [6.45, 7) is 6.02. The van der Waals surface area contributed by atoms with E-state index in [9.17, 15) is 9.59 Å². The fourth-order valence-corrected chi connectivity index (χ4v) is 1.63. The standard InChI is InChI=1S/C14H26O5/c1-4-7-8-9-10-12(14(16)18-6-3)19-11-13(15)17-5-2/h12H,4-11H2,1-3H3. The van der Waals surface area contributed by atoms with Crippen LogP contribution in [0, 0.1) is 0 Å². The van der Waals surface area contributed by atoms with Gasteiger partial charge in [0.2, 0.25) is 0 Å². The zero-order valence-corrected chi connectivity index (χ0v) is 12.3. The molecule has 1 unspecified atom stereocenters. The van der Waals surface area contributed by atoms with Crippen LogP contribution in [0.4, 0.5) is 0 Å². The first-order chi connectivity index (χ1) is 9.15. The topological polar surface area (TPSA) is 61.8 Å². The van der Waals surface area contributed by atoms with E-state index in [1.54, 1.807) is 13.8 Å². The average molecular weight is 274 g/mol. The minimum absolute atomic E-state index is 0.203. The highest BCUT2D eigenvalue weighted by molar-refractivity contribution is 5.76.